The smallest absolute Gasteiger partial charge is 0.225 e. The lowest BCUT2D eigenvalue weighted by molar-refractivity contribution is -0.125. The molecule has 2 aromatic heterocycles. The van der Waals surface area contributed by atoms with Crippen LogP contribution in [-0.4, -0.2) is 36.1 Å². The number of piperidine rings is 1. The first kappa shape index (κ1) is 19.6. The Hall–Kier alpha value is -2.67. The molecule has 7 heteroatoms. The minimum Gasteiger partial charge on any atom is -0.496 e. The van der Waals surface area contributed by atoms with Gasteiger partial charge in [-0.25, -0.2) is 9.97 Å². The number of rotatable bonds is 6. The number of hydrogen-bond acceptors (Lipinski definition) is 6. The maximum atomic E-state index is 12.9. The van der Waals surface area contributed by atoms with Gasteiger partial charge in [0.15, 0.2) is 0 Å². The molecule has 0 saturated carbocycles. The number of carbonyl (C=O) groups is 1. The zero-order chi connectivity index (χ0) is 20.2. The maximum absolute atomic E-state index is 12.9. The summed E-state index contributed by atoms with van der Waals surface area (Å²) in [6.07, 6.45) is 4.50. The van der Waals surface area contributed by atoms with Crippen LogP contribution < -0.4 is 15.0 Å². The van der Waals surface area contributed by atoms with Crippen LogP contribution in [0, 0.1) is 5.92 Å². The SMILES string of the molecule is CCc1cc2c(N3CCCC(C(=O)NCc4ccccc4OC)C3)ncnc2s1. The molecular formula is C22H26N4O2S. The monoisotopic (exact) mass is 410 g/mol. The summed E-state index contributed by atoms with van der Waals surface area (Å²) in [7, 11) is 1.65. The zero-order valence-electron chi connectivity index (χ0n) is 16.9. The van der Waals surface area contributed by atoms with Crippen molar-refractivity contribution in [3.8, 4) is 5.75 Å². The summed E-state index contributed by atoms with van der Waals surface area (Å²) in [5, 5.41) is 4.19. The number of amides is 1. The van der Waals surface area contributed by atoms with E-state index in [9.17, 15) is 4.79 Å². The molecule has 0 radical (unpaired) electrons. The summed E-state index contributed by atoms with van der Waals surface area (Å²) in [5.74, 6) is 1.79. The molecule has 0 bridgehead atoms. The Morgan fingerprint density at radius 2 is 2.21 bits per heavy atom. The topological polar surface area (TPSA) is 67.4 Å². The Bertz CT molecular complexity index is 1000. The lowest BCUT2D eigenvalue weighted by Gasteiger charge is -2.33. The molecule has 1 aliphatic rings. The van der Waals surface area contributed by atoms with E-state index in [1.807, 2.05) is 24.3 Å². The summed E-state index contributed by atoms with van der Waals surface area (Å²) in [4.78, 5) is 26.4. The highest BCUT2D eigenvalue weighted by atomic mass is 32.1. The van der Waals surface area contributed by atoms with Crippen molar-refractivity contribution in [2.45, 2.75) is 32.7 Å². The minimum atomic E-state index is -0.0484. The molecule has 1 saturated heterocycles. The van der Waals surface area contributed by atoms with Crippen molar-refractivity contribution in [2.24, 2.45) is 5.92 Å². The van der Waals surface area contributed by atoms with E-state index >= 15 is 0 Å². The summed E-state index contributed by atoms with van der Waals surface area (Å²) >= 11 is 1.72. The molecule has 1 fully saturated rings. The summed E-state index contributed by atoms with van der Waals surface area (Å²) in [6.45, 7) is 4.23. The molecular weight excluding hydrogens is 384 g/mol. The average Bonchev–Trinajstić information content (AvgIpc) is 3.21. The van der Waals surface area contributed by atoms with Crippen molar-refractivity contribution in [2.75, 3.05) is 25.1 Å². The van der Waals surface area contributed by atoms with Crippen LogP contribution in [-0.2, 0) is 17.8 Å². The molecule has 4 rings (SSSR count). The minimum absolute atomic E-state index is 0.0484. The van der Waals surface area contributed by atoms with Gasteiger partial charge in [0, 0.05) is 30.1 Å². The van der Waals surface area contributed by atoms with Gasteiger partial charge in [0.05, 0.1) is 18.4 Å². The summed E-state index contributed by atoms with van der Waals surface area (Å²) < 4.78 is 5.38. The van der Waals surface area contributed by atoms with E-state index in [0.29, 0.717) is 13.1 Å². The zero-order valence-corrected chi connectivity index (χ0v) is 17.7. The largest absolute Gasteiger partial charge is 0.496 e. The normalized spacial score (nSPS) is 16.8. The molecule has 3 heterocycles. The van der Waals surface area contributed by atoms with E-state index in [0.717, 1.165) is 53.2 Å². The van der Waals surface area contributed by atoms with Crippen molar-refractivity contribution in [1.82, 2.24) is 15.3 Å². The number of anilines is 1. The first-order chi connectivity index (χ1) is 14.2. The van der Waals surface area contributed by atoms with E-state index in [-0.39, 0.29) is 11.8 Å². The number of nitrogens with one attached hydrogen (secondary N) is 1. The molecule has 3 aromatic rings. The molecule has 1 aromatic carbocycles. The van der Waals surface area contributed by atoms with E-state index in [1.165, 1.54) is 4.88 Å². The van der Waals surface area contributed by atoms with E-state index < -0.39 is 0 Å². The standard InChI is InChI=1S/C22H26N4O2S/c1-3-17-11-18-20(24-14-25-22(18)29-17)26-10-6-8-16(13-26)21(27)23-12-15-7-4-5-9-19(15)28-2/h4-5,7,9,11,14,16H,3,6,8,10,12-13H2,1-2H3,(H,23,27). The Balaban J connectivity index is 1.46. The Morgan fingerprint density at radius 3 is 3.03 bits per heavy atom. The fourth-order valence-electron chi connectivity index (χ4n) is 3.88. The van der Waals surface area contributed by atoms with E-state index in [4.69, 9.17) is 4.74 Å². The number of nitrogens with zero attached hydrogens (tertiary/aromatic N) is 3. The van der Waals surface area contributed by atoms with Crippen LogP contribution in [0.2, 0.25) is 0 Å². The number of para-hydroxylation sites is 1. The number of carbonyl (C=O) groups excluding carboxylic acids is 1. The van der Waals surface area contributed by atoms with Gasteiger partial charge in [0.1, 0.15) is 22.7 Å². The van der Waals surface area contributed by atoms with Crippen LogP contribution in [0.1, 0.15) is 30.2 Å². The van der Waals surface area contributed by atoms with Crippen LogP contribution in [0.4, 0.5) is 5.82 Å². The second-order valence-corrected chi connectivity index (χ2v) is 8.41. The predicted molar refractivity (Wildman–Crippen MR) is 117 cm³/mol. The first-order valence-corrected chi connectivity index (χ1v) is 10.9. The second-order valence-electron chi connectivity index (χ2n) is 7.30. The number of methoxy groups -OCH3 is 1. The average molecular weight is 411 g/mol. The second kappa shape index (κ2) is 8.78. The van der Waals surface area contributed by atoms with Crippen molar-refractivity contribution in [1.29, 1.82) is 0 Å². The highest BCUT2D eigenvalue weighted by Gasteiger charge is 2.27. The lowest BCUT2D eigenvalue weighted by Crippen LogP contribution is -2.43. The summed E-state index contributed by atoms with van der Waals surface area (Å²) in [5.41, 5.74) is 0.985. The third-order valence-electron chi connectivity index (χ3n) is 5.45. The molecule has 152 valence electrons. The molecule has 1 unspecified atom stereocenters. The van der Waals surface area contributed by atoms with E-state index in [2.05, 4.69) is 33.2 Å². The number of ether oxygens (including phenoxy) is 1. The van der Waals surface area contributed by atoms with Crippen LogP contribution in [0.15, 0.2) is 36.7 Å². The number of thiophene rings is 1. The first-order valence-electron chi connectivity index (χ1n) is 10.1. The van der Waals surface area contributed by atoms with Gasteiger partial charge >= 0.3 is 0 Å². The lowest BCUT2D eigenvalue weighted by atomic mass is 9.96. The Morgan fingerprint density at radius 1 is 1.34 bits per heavy atom. The van der Waals surface area contributed by atoms with Crippen LogP contribution in [0.5, 0.6) is 5.75 Å². The van der Waals surface area contributed by atoms with Gasteiger partial charge in [-0.1, -0.05) is 25.1 Å². The Kier molecular flexibility index (Phi) is 5.94. The number of aromatic nitrogens is 2. The highest BCUT2D eigenvalue weighted by Crippen LogP contribution is 2.32. The summed E-state index contributed by atoms with van der Waals surface area (Å²) in [6, 6.07) is 9.97. The quantitative estimate of drug-likeness (QED) is 0.670. The fraction of sp³-hybridized carbons (Fsp3) is 0.409. The molecule has 0 aliphatic carbocycles. The van der Waals surface area contributed by atoms with Gasteiger partial charge in [-0.15, -0.1) is 11.3 Å². The van der Waals surface area contributed by atoms with Crippen LogP contribution in [0.25, 0.3) is 10.2 Å². The van der Waals surface area contributed by atoms with Crippen molar-refractivity contribution >= 4 is 33.3 Å². The number of fused-ring (bicyclic) bond motifs is 1. The predicted octanol–water partition coefficient (Wildman–Crippen LogP) is 3.80. The highest BCUT2D eigenvalue weighted by molar-refractivity contribution is 7.18. The van der Waals surface area contributed by atoms with Crippen molar-refractivity contribution in [3.63, 3.8) is 0 Å². The Labute approximate surface area is 174 Å². The van der Waals surface area contributed by atoms with Gasteiger partial charge in [-0.05, 0) is 31.4 Å². The number of aryl methyl sites for hydroxylation is 1. The van der Waals surface area contributed by atoms with Crippen LogP contribution >= 0.6 is 11.3 Å². The van der Waals surface area contributed by atoms with Gasteiger partial charge in [-0.3, -0.25) is 4.79 Å². The molecule has 0 spiro atoms. The fourth-order valence-corrected chi connectivity index (χ4v) is 4.81. The third kappa shape index (κ3) is 4.19. The molecule has 1 N–H and O–H groups in total. The van der Waals surface area contributed by atoms with Gasteiger partial charge in [0.2, 0.25) is 5.91 Å². The third-order valence-corrected chi connectivity index (χ3v) is 6.63. The van der Waals surface area contributed by atoms with Crippen LogP contribution in [0.3, 0.4) is 0 Å². The van der Waals surface area contributed by atoms with Gasteiger partial charge < -0.3 is 15.0 Å². The van der Waals surface area contributed by atoms with Crippen molar-refractivity contribution in [3.05, 3.63) is 47.1 Å². The number of benzene rings is 1. The van der Waals surface area contributed by atoms with Gasteiger partial charge in [-0.2, -0.15) is 0 Å². The maximum Gasteiger partial charge on any atom is 0.225 e. The molecule has 6 nitrogen and oxygen atoms in total. The molecule has 1 amide bonds. The molecule has 1 aliphatic heterocycles. The van der Waals surface area contributed by atoms with E-state index in [1.54, 1.807) is 24.8 Å². The number of hydrogen-bond donors (Lipinski definition) is 1. The molecule has 29 heavy (non-hydrogen) atoms. The van der Waals surface area contributed by atoms with Crippen molar-refractivity contribution < 1.29 is 9.53 Å². The van der Waals surface area contributed by atoms with Gasteiger partial charge in [0.25, 0.3) is 0 Å². The molecule has 1 atom stereocenters.